The summed E-state index contributed by atoms with van der Waals surface area (Å²) in [5.74, 6) is -2.54. The van der Waals surface area contributed by atoms with Crippen molar-refractivity contribution in [3.8, 4) is 0 Å². The van der Waals surface area contributed by atoms with Gasteiger partial charge in [-0.25, -0.2) is 13.6 Å². The lowest BCUT2D eigenvalue weighted by Crippen LogP contribution is -2.53. The zero-order chi connectivity index (χ0) is 38.7. The summed E-state index contributed by atoms with van der Waals surface area (Å²) in [4.78, 5) is 60.7. The molecule has 2 aromatic heterocycles. The van der Waals surface area contributed by atoms with Crippen molar-refractivity contribution >= 4 is 57.9 Å². The fourth-order valence-electron chi connectivity index (χ4n) is 6.17. The summed E-state index contributed by atoms with van der Waals surface area (Å²) in [6.07, 6.45) is -2.10. The van der Waals surface area contributed by atoms with Gasteiger partial charge in [-0.2, -0.15) is 22.7 Å². The molecule has 2 aromatic carbocycles. The molecular formula is C34H33ClF5N9O5. The summed E-state index contributed by atoms with van der Waals surface area (Å²) in [6, 6.07) is 4.20. The van der Waals surface area contributed by atoms with Gasteiger partial charge in [-0.1, -0.05) is 24.6 Å². The number of halogens is 6. The predicted octanol–water partition coefficient (Wildman–Crippen LogP) is 4.32. The fourth-order valence-corrected chi connectivity index (χ4v) is 6.40. The van der Waals surface area contributed by atoms with E-state index in [2.05, 4.69) is 26.0 Å². The monoisotopic (exact) mass is 777 g/mol. The molecule has 54 heavy (non-hydrogen) atoms. The number of carbonyl (C=O) groups excluding carboxylic acids is 3. The molecule has 0 unspecified atom stereocenters. The van der Waals surface area contributed by atoms with Gasteiger partial charge in [0.2, 0.25) is 17.6 Å². The molecule has 0 radical (unpaired) electrons. The number of aromatic nitrogens is 4. The number of anilines is 3. The number of piperazine rings is 1. The standard InChI is InChI=1S/C34H33ClF5N9O5/c1-2-26-29(47-9-7-46(8-10-47)28(51)17-41-32(53)42-23-15-21(36)14-22(37)16-23)31(52)49-33(44-30(45-49)19-5-11-54-12-6-19)48(26)18-27(50)43-25-4-3-20(13-24(25)35)34(38,39)40/h3-5,13-16H,2,6-12,17-18H2,1H3,(H,43,50)(H2,41,42,53). The molecule has 14 nitrogen and oxygen atoms in total. The third-order valence-electron chi connectivity index (χ3n) is 8.75. The summed E-state index contributed by atoms with van der Waals surface area (Å²) in [5, 5.41) is 11.4. The van der Waals surface area contributed by atoms with Gasteiger partial charge >= 0.3 is 12.2 Å². The van der Waals surface area contributed by atoms with Crippen LogP contribution in [0.1, 0.15) is 30.4 Å². The van der Waals surface area contributed by atoms with Crippen LogP contribution in [0, 0.1) is 11.6 Å². The lowest BCUT2D eigenvalue weighted by atomic mass is 10.1. The number of amides is 4. The maximum absolute atomic E-state index is 14.1. The van der Waals surface area contributed by atoms with E-state index in [1.807, 2.05) is 0 Å². The molecule has 286 valence electrons. The van der Waals surface area contributed by atoms with E-state index in [0.29, 0.717) is 37.5 Å². The Morgan fingerprint density at radius 3 is 2.35 bits per heavy atom. The van der Waals surface area contributed by atoms with E-state index in [9.17, 15) is 41.1 Å². The van der Waals surface area contributed by atoms with Gasteiger partial charge in [-0.3, -0.25) is 14.4 Å². The Labute approximate surface area is 308 Å². The minimum absolute atomic E-state index is 0.0462. The number of ether oxygens (including phenoxy) is 1. The topological polar surface area (TPSA) is 155 Å². The summed E-state index contributed by atoms with van der Waals surface area (Å²) in [6.45, 7) is 2.38. The number of fused-ring (bicyclic) bond motifs is 1. The van der Waals surface area contributed by atoms with E-state index in [4.69, 9.17) is 16.3 Å². The first-order valence-corrected chi connectivity index (χ1v) is 17.1. The van der Waals surface area contributed by atoms with Crippen molar-refractivity contribution in [2.45, 2.75) is 32.5 Å². The van der Waals surface area contributed by atoms with Crippen LogP contribution in [0.2, 0.25) is 5.02 Å². The number of nitrogens with one attached hydrogen (secondary N) is 3. The highest BCUT2D eigenvalue weighted by molar-refractivity contribution is 6.33. The first-order chi connectivity index (χ1) is 25.7. The molecule has 2 aliphatic heterocycles. The maximum Gasteiger partial charge on any atom is 0.416 e. The largest absolute Gasteiger partial charge is 0.416 e. The fraction of sp³-hybridized carbons (Fsp3) is 0.353. The average molecular weight is 778 g/mol. The molecule has 0 spiro atoms. The minimum Gasteiger partial charge on any atom is -0.377 e. The molecule has 4 amide bonds. The highest BCUT2D eigenvalue weighted by Crippen LogP contribution is 2.34. The Morgan fingerprint density at radius 2 is 1.72 bits per heavy atom. The molecule has 4 heterocycles. The van der Waals surface area contributed by atoms with Crippen molar-refractivity contribution in [3.63, 3.8) is 0 Å². The van der Waals surface area contributed by atoms with E-state index in [1.165, 1.54) is 9.47 Å². The second-order valence-corrected chi connectivity index (χ2v) is 12.7. The smallest absolute Gasteiger partial charge is 0.377 e. The molecule has 1 saturated heterocycles. The highest BCUT2D eigenvalue weighted by atomic mass is 35.5. The summed E-state index contributed by atoms with van der Waals surface area (Å²) < 4.78 is 74.5. The number of alkyl halides is 3. The lowest BCUT2D eigenvalue weighted by molar-refractivity contribution is -0.137. The van der Waals surface area contributed by atoms with Crippen LogP contribution in [0.25, 0.3) is 11.4 Å². The summed E-state index contributed by atoms with van der Waals surface area (Å²) >= 11 is 6.10. The van der Waals surface area contributed by atoms with E-state index < -0.39 is 59.9 Å². The van der Waals surface area contributed by atoms with Crippen molar-refractivity contribution in [2.24, 2.45) is 0 Å². The Hall–Kier alpha value is -5.56. The van der Waals surface area contributed by atoms with Crippen LogP contribution in [0.3, 0.4) is 0 Å². The Morgan fingerprint density at radius 1 is 1.00 bits per heavy atom. The minimum atomic E-state index is -4.63. The highest BCUT2D eigenvalue weighted by Gasteiger charge is 2.32. The van der Waals surface area contributed by atoms with Crippen LogP contribution in [0.5, 0.6) is 0 Å². The van der Waals surface area contributed by atoms with Crippen LogP contribution >= 0.6 is 11.6 Å². The molecule has 0 saturated carbocycles. The first-order valence-electron chi connectivity index (χ1n) is 16.7. The Balaban J connectivity index is 1.22. The van der Waals surface area contributed by atoms with Crippen LogP contribution in [0.4, 0.5) is 43.8 Å². The van der Waals surface area contributed by atoms with Crippen molar-refractivity contribution < 1.29 is 41.1 Å². The molecule has 3 N–H and O–H groups in total. The average Bonchev–Trinajstić information content (AvgIpc) is 3.58. The van der Waals surface area contributed by atoms with Crippen molar-refractivity contribution in [1.82, 2.24) is 29.4 Å². The zero-order valence-electron chi connectivity index (χ0n) is 28.6. The molecule has 4 aromatic rings. The molecule has 6 rings (SSSR count). The SMILES string of the molecule is CCc1c(N2CCN(C(=O)CNC(=O)Nc3cc(F)cc(F)c3)CC2)c(=O)n2nc(C3=CCOCC3)nc2n1CC(=O)Nc1ccc(C(F)(F)F)cc1Cl. The predicted molar refractivity (Wildman–Crippen MR) is 187 cm³/mol. The van der Waals surface area contributed by atoms with E-state index >= 15 is 0 Å². The number of carbonyl (C=O) groups is 3. The summed E-state index contributed by atoms with van der Waals surface area (Å²) in [7, 11) is 0. The second-order valence-electron chi connectivity index (χ2n) is 12.3. The van der Waals surface area contributed by atoms with Gasteiger partial charge in [0.15, 0.2) is 5.82 Å². The molecule has 0 aliphatic carbocycles. The first kappa shape index (κ1) is 38.2. The number of rotatable bonds is 9. The van der Waals surface area contributed by atoms with Crippen molar-refractivity contribution in [3.05, 3.63) is 86.6 Å². The van der Waals surface area contributed by atoms with Gasteiger partial charge in [0, 0.05) is 37.9 Å². The van der Waals surface area contributed by atoms with Crippen LogP contribution < -0.4 is 26.4 Å². The van der Waals surface area contributed by atoms with E-state index in [1.54, 1.807) is 17.9 Å². The Kier molecular flexibility index (Phi) is 11.2. The number of hydrogen-bond acceptors (Lipinski definition) is 8. The van der Waals surface area contributed by atoms with Crippen LogP contribution in [-0.2, 0) is 33.5 Å². The zero-order valence-corrected chi connectivity index (χ0v) is 29.4. The third-order valence-corrected chi connectivity index (χ3v) is 9.07. The molecule has 0 bridgehead atoms. The summed E-state index contributed by atoms with van der Waals surface area (Å²) in [5.41, 5.74) is -0.286. The van der Waals surface area contributed by atoms with Crippen molar-refractivity contribution in [1.29, 1.82) is 0 Å². The number of hydrogen-bond donors (Lipinski definition) is 3. The molecule has 2 aliphatic rings. The second kappa shape index (κ2) is 15.8. The normalized spacial score (nSPS) is 14.9. The molecule has 0 atom stereocenters. The maximum atomic E-state index is 14.1. The molecule has 20 heteroatoms. The van der Waals surface area contributed by atoms with Crippen molar-refractivity contribution in [2.75, 3.05) is 61.5 Å². The van der Waals surface area contributed by atoms with E-state index in [-0.39, 0.29) is 66.3 Å². The van der Waals surface area contributed by atoms with Crippen LogP contribution in [-0.4, -0.2) is 87.8 Å². The number of benzene rings is 2. The molecular weight excluding hydrogens is 745 g/mol. The van der Waals surface area contributed by atoms with Gasteiger partial charge in [0.05, 0.1) is 41.7 Å². The quantitative estimate of drug-likeness (QED) is 0.213. The third kappa shape index (κ3) is 8.46. The van der Waals surface area contributed by atoms with Gasteiger partial charge in [0.25, 0.3) is 5.56 Å². The lowest BCUT2D eigenvalue weighted by Gasteiger charge is -2.36. The van der Waals surface area contributed by atoms with Crippen LogP contribution in [0.15, 0.2) is 47.3 Å². The number of urea groups is 1. The van der Waals surface area contributed by atoms with Gasteiger partial charge in [-0.15, -0.1) is 5.10 Å². The van der Waals surface area contributed by atoms with Gasteiger partial charge in [-0.05, 0) is 48.7 Å². The van der Waals surface area contributed by atoms with Gasteiger partial charge < -0.3 is 35.1 Å². The van der Waals surface area contributed by atoms with Gasteiger partial charge in [0.1, 0.15) is 23.9 Å². The number of nitrogens with zero attached hydrogens (tertiary/aromatic N) is 6. The van der Waals surface area contributed by atoms with E-state index in [0.717, 1.165) is 34.4 Å². The molecule has 1 fully saturated rings. The Bertz CT molecular complexity index is 2180.